The molecule has 260 valence electrons. The normalized spacial score (nSPS) is 19.3. The largest absolute Gasteiger partial charge is 0.459 e. The molecule has 52 heavy (non-hydrogen) atoms. The minimum absolute atomic E-state index is 0.0248. The van der Waals surface area contributed by atoms with Crippen molar-refractivity contribution in [3.63, 3.8) is 0 Å². The molecular formula is C45H43BN2O2S2. The molecule has 0 saturated heterocycles. The lowest BCUT2D eigenvalue weighted by molar-refractivity contribution is 0.194. The minimum Gasteiger partial charge on any atom is -0.459 e. The van der Waals surface area contributed by atoms with Gasteiger partial charge < -0.3 is 9.47 Å². The summed E-state index contributed by atoms with van der Waals surface area (Å²) >= 11 is 3.68. The summed E-state index contributed by atoms with van der Waals surface area (Å²) in [5.41, 5.74) is 11.7. The van der Waals surface area contributed by atoms with E-state index in [0.29, 0.717) is 0 Å². The van der Waals surface area contributed by atoms with E-state index >= 15 is 0 Å². The molecule has 0 spiro atoms. The molecule has 0 bridgehead atoms. The Hall–Kier alpha value is -4.46. The third-order valence-corrected chi connectivity index (χ3v) is 12.9. The Balaban J connectivity index is 1.27. The van der Waals surface area contributed by atoms with Crippen molar-refractivity contribution in [3.05, 3.63) is 171 Å². The SMILES string of the molecule is Cc1cc2c3c(c1)N(c1ccc(C(C)(C)C)cc1)C1=C(SC(c4ccccc4)O1)B3C1=C(OC(c3ccccc3)S1)N2c1ccc(C(C)(C)C)cc1. The third kappa shape index (κ3) is 5.56. The quantitative estimate of drug-likeness (QED) is 0.172. The second-order valence-electron chi connectivity index (χ2n) is 16.2. The molecule has 0 amide bonds. The highest BCUT2D eigenvalue weighted by Crippen LogP contribution is 2.60. The molecule has 0 saturated carbocycles. The lowest BCUT2D eigenvalue weighted by atomic mass is 9.41. The van der Waals surface area contributed by atoms with Gasteiger partial charge in [0.05, 0.1) is 0 Å². The van der Waals surface area contributed by atoms with E-state index in [1.54, 1.807) is 0 Å². The number of hydrogen-bond donors (Lipinski definition) is 0. The van der Waals surface area contributed by atoms with Crippen LogP contribution in [0.5, 0.6) is 0 Å². The number of rotatable bonds is 4. The van der Waals surface area contributed by atoms with E-state index in [1.807, 2.05) is 23.5 Å². The lowest BCUT2D eigenvalue weighted by Crippen LogP contribution is -2.48. The van der Waals surface area contributed by atoms with Crippen molar-refractivity contribution >= 4 is 58.4 Å². The fraction of sp³-hybridized carbons (Fsp3) is 0.244. The van der Waals surface area contributed by atoms with E-state index in [1.165, 1.54) is 31.8 Å². The molecule has 7 heteroatoms. The highest BCUT2D eigenvalue weighted by Gasteiger charge is 2.54. The van der Waals surface area contributed by atoms with Crippen LogP contribution in [0.2, 0.25) is 0 Å². The number of ether oxygens (including phenoxy) is 2. The van der Waals surface area contributed by atoms with Crippen molar-refractivity contribution < 1.29 is 9.47 Å². The van der Waals surface area contributed by atoms with Crippen LogP contribution in [0.3, 0.4) is 0 Å². The minimum atomic E-state index is -0.161. The maximum absolute atomic E-state index is 7.11. The van der Waals surface area contributed by atoms with Crippen molar-refractivity contribution in [2.75, 3.05) is 9.80 Å². The Morgan fingerprint density at radius 2 is 0.923 bits per heavy atom. The molecule has 9 rings (SSSR count). The number of anilines is 4. The summed E-state index contributed by atoms with van der Waals surface area (Å²) in [5, 5.41) is 0. The number of fused-ring (bicyclic) bond motifs is 2. The zero-order valence-corrected chi connectivity index (χ0v) is 32.4. The molecule has 4 aliphatic heterocycles. The Bertz CT molecular complexity index is 2080. The Morgan fingerprint density at radius 3 is 1.29 bits per heavy atom. The monoisotopic (exact) mass is 718 g/mol. The first-order valence-corrected chi connectivity index (χ1v) is 19.9. The van der Waals surface area contributed by atoms with Crippen LogP contribution in [0.1, 0.15) is 80.2 Å². The molecule has 0 N–H and O–H groups in total. The first kappa shape index (κ1) is 33.4. The number of thioether (sulfide) groups is 2. The van der Waals surface area contributed by atoms with Crippen LogP contribution >= 0.6 is 23.5 Å². The zero-order chi connectivity index (χ0) is 35.9. The number of hydrogen-bond acceptors (Lipinski definition) is 6. The van der Waals surface area contributed by atoms with Crippen molar-refractivity contribution in [1.29, 1.82) is 0 Å². The van der Waals surface area contributed by atoms with Crippen LogP contribution in [-0.2, 0) is 20.3 Å². The number of benzene rings is 5. The van der Waals surface area contributed by atoms with Crippen molar-refractivity contribution in [2.45, 2.75) is 70.2 Å². The maximum atomic E-state index is 7.11. The van der Waals surface area contributed by atoms with Crippen molar-refractivity contribution in [3.8, 4) is 0 Å². The van der Waals surface area contributed by atoms with Crippen LogP contribution in [0.25, 0.3) is 0 Å². The molecule has 5 aromatic rings. The Morgan fingerprint density at radius 1 is 0.538 bits per heavy atom. The first-order chi connectivity index (χ1) is 25.0. The van der Waals surface area contributed by atoms with Gasteiger partial charge in [-0.3, -0.25) is 9.80 Å². The molecule has 2 unspecified atom stereocenters. The standard InChI is InChI=1S/C45H43BN2O2S2/c1-28-26-35-37-36(27-28)48(34-24-20-32(21-25-34)45(5,6)7)41-39(52-43(50-41)30-16-12-9-13-17-30)46(37)38-40(49-42(51-38)29-14-10-8-11-15-29)47(35)33-22-18-31(19-23-33)44(2,3)4/h8-27,42-43H,1-7H3. The summed E-state index contributed by atoms with van der Waals surface area (Å²) < 4.78 is 14.2. The van der Waals surface area contributed by atoms with E-state index in [2.05, 4.69) is 180 Å². The molecule has 0 aliphatic carbocycles. The summed E-state index contributed by atoms with van der Waals surface area (Å²) in [4.78, 5) is 7.21. The van der Waals surface area contributed by atoms with E-state index in [9.17, 15) is 0 Å². The van der Waals surface area contributed by atoms with E-state index in [-0.39, 0.29) is 28.4 Å². The lowest BCUT2D eigenvalue weighted by Gasteiger charge is -2.41. The van der Waals surface area contributed by atoms with E-state index in [0.717, 1.165) is 45.6 Å². The number of nitrogens with zero attached hydrogens (tertiary/aromatic N) is 2. The van der Waals surface area contributed by atoms with Crippen LogP contribution in [0, 0.1) is 6.92 Å². The molecule has 4 aliphatic rings. The molecule has 0 fully saturated rings. The molecule has 2 atom stereocenters. The van der Waals surface area contributed by atoms with Crippen LogP contribution < -0.4 is 15.3 Å². The van der Waals surface area contributed by atoms with Gasteiger partial charge in [0.2, 0.25) is 11.8 Å². The first-order valence-electron chi connectivity index (χ1n) is 18.2. The fourth-order valence-electron chi connectivity index (χ4n) is 7.66. The van der Waals surface area contributed by atoms with Crippen LogP contribution in [0.4, 0.5) is 22.7 Å². The molecule has 4 heterocycles. The summed E-state index contributed by atoms with van der Waals surface area (Å²) in [7, 11) is 0. The van der Waals surface area contributed by atoms with Gasteiger partial charge in [-0.15, -0.1) is 0 Å². The van der Waals surface area contributed by atoms with Gasteiger partial charge >= 0.3 is 0 Å². The summed E-state index contributed by atoms with van der Waals surface area (Å²) in [6.07, 6.45) is 0. The summed E-state index contributed by atoms with van der Waals surface area (Å²) in [5.74, 6) is 1.82. The van der Waals surface area contributed by atoms with Gasteiger partial charge in [0.1, 0.15) is 0 Å². The third-order valence-electron chi connectivity index (χ3n) is 10.4. The summed E-state index contributed by atoms with van der Waals surface area (Å²) in [6, 6.07) is 44.1. The smallest absolute Gasteiger partial charge is 0.276 e. The van der Waals surface area contributed by atoms with Gasteiger partial charge in [0.25, 0.3) is 6.71 Å². The van der Waals surface area contributed by atoms with Gasteiger partial charge in [-0.05, 0) is 76.3 Å². The van der Waals surface area contributed by atoms with E-state index in [4.69, 9.17) is 9.47 Å². The highest BCUT2D eigenvalue weighted by atomic mass is 32.2. The number of aryl methyl sites for hydroxylation is 1. The average molecular weight is 719 g/mol. The van der Waals surface area contributed by atoms with Crippen molar-refractivity contribution in [1.82, 2.24) is 0 Å². The van der Waals surface area contributed by atoms with Crippen LogP contribution in [0.15, 0.2) is 143 Å². The fourth-order valence-corrected chi connectivity index (χ4v) is 10.3. The second-order valence-corrected chi connectivity index (χ2v) is 18.4. The van der Waals surface area contributed by atoms with Crippen LogP contribution in [-0.4, -0.2) is 6.71 Å². The molecule has 0 aromatic heterocycles. The predicted octanol–water partition coefficient (Wildman–Crippen LogP) is 11.9. The van der Waals surface area contributed by atoms with Gasteiger partial charge in [-0.1, -0.05) is 150 Å². The topological polar surface area (TPSA) is 24.9 Å². The highest BCUT2D eigenvalue weighted by molar-refractivity contribution is 8.08. The van der Waals surface area contributed by atoms with Gasteiger partial charge in [0, 0.05) is 43.5 Å². The molecule has 0 radical (unpaired) electrons. The van der Waals surface area contributed by atoms with Crippen molar-refractivity contribution in [2.24, 2.45) is 0 Å². The Labute approximate surface area is 317 Å². The van der Waals surface area contributed by atoms with E-state index < -0.39 is 0 Å². The second kappa shape index (κ2) is 12.3. The predicted molar refractivity (Wildman–Crippen MR) is 221 cm³/mol. The van der Waals surface area contributed by atoms with Gasteiger partial charge in [0.15, 0.2) is 10.9 Å². The Kier molecular flexibility index (Phi) is 7.91. The maximum Gasteiger partial charge on any atom is 0.276 e. The zero-order valence-electron chi connectivity index (χ0n) is 30.8. The van der Waals surface area contributed by atoms with Gasteiger partial charge in [-0.25, -0.2) is 0 Å². The summed E-state index contributed by atoms with van der Waals surface area (Å²) in [6.45, 7) is 15.8. The molecule has 5 aromatic carbocycles. The molecule has 4 nitrogen and oxygen atoms in total. The van der Waals surface area contributed by atoms with Gasteiger partial charge in [-0.2, -0.15) is 0 Å². The average Bonchev–Trinajstić information content (AvgIpc) is 3.77. The molecular weight excluding hydrogens is 675 g/mol.